The molecule has 0 aliphatic rings. The third kappa shape index (κ3) is 1.59. The first kappa shape index (κ1) is 8.27. The van der Waals surface area contributed by atoms with Crippen molar-refractivity contribution in [2.24, 2.45) is 0 Å². The van der Waals surface area contributed by atoms with E-state index in [1.54, 1.807) is 0 Å². The number of hydrogen-bond acceptors (Lipinski definition) is 2. The van der Waals surface area contributed by atoms with Crippen LogP contribution in [0.5, 0.6) is 0 Å². The molecule has 2 nitrogen and oxygen atoms in total. The highest BCUT2D eigenvalue weighted by molar-refractivity contribution is 6.07. The maximum atomic E-state index is 12.6. The van der Waals surface area contributed by atoms with Crippen LogP contribution in [-0.4, -0.2) is 17.2 Å². The van der Waals surface area contributed by atoms with Crippen molar-refractivity contribution in [1.29, 1.82) is 0 Å². The van der Waals surface area contributed by atoms with Crippen LogP contribution in [0.2, 0.25) is 0 Å². The highest BCUT2D eigenvalue weighted by Crippen LogP contribution is 2.11. The average molecular weight is 132 g/mol. The van der Waals surface area contributed by atoms with Crippen molar-refractivity contribution in [2.45, 2.75) is 26.4 Å². The maximum Gasteiger partial charge on any atom is 0.222 e. The van der Waals surface area contributed by atoms with E-state index in [4.69, 9.17) is 0 Å². The summed E-state index contributed by atoms with van der Waals surface area (Å²) in [6, 6.07) is 0. The fourth-order valence-electron chi connectivity index (χ4n) is 0.248. The van der Waals surface area contributed by atoms with Crippen molar-refractivity contribution in [2.75, 3.05) is 0 Å². The summed E-state index contributed by atoms with van der Waals surface area (Å²) < 4.78 is 12.6. The first-order valence-electron chi connectivity index (χ1n) is 2.60. The molecule has 0 spiro atoms. The molecule has 0 aromatic heterocycles. The van der Waals surface area contributed by atoms with Crippen LogP contribution in [0, 0.1) is 0 Å². The van der Waals surface area contributed by atoms with E-state index in [1.807, 2.05) is 0 Å². The van der Waals surface area contributed by atoms with Gasteiger partial charge in [-0.25, -0.2) is 4.39 Å². The molecule has 0 fully saturated rings. The predicted octanol–water partition coefficient (Wildman–Crippen LogP) is 0.893. The van der Waals surface area contributed by atoms with E-state index in [2.05, 4.69) is 0 Å². The lowest BCUT2D eigenvalue weighted by molar-refractivity contribution is -0.139. The van der Waals surface area contributed by atoms with E-state index in [9.17, 15) is 14.0 Å². The summed E-state index contributed by atoms with van der Waals surface area (Å²) >= 11 is 0. The number of Topliss-reactive ketones (excluding diaryl/α,β-unsaturated/α-hetero) is 2. The highest BCUT2D eigenvalue weighted by atomic mass is 19.1. The van der Waals surface area contributed by atoms with Crippen LogP contribution in [0.15, 0.2) is 0 Å². The highest BCUT2D eigenvalue weighted by Gasteiger charge is 2.34. The minimum Gasteiger partial charge on any atom is -0.296 e. The maximum absolute atomic E-state index is 12.6. The zero-order valence-electron chi connectivity index (χ0n) is 5.69. The number of alkyl halides is 1. The minimum atomic E-state index is -2.28. The van der Waals surface area contributed by atoms with Crippen molar-refractivity contribution in [3.8, 4) is 0 Å². The van der Waals surface area contributed by atoms with Crippen molar-refractivity contribution in [1.82, 2.24) is 0 Å². The number of ketones is 2. The summed E-state index contributed by atoms with van der Waals surface area (Å²) in [5.74, 6) is -1.48. The van der Waals surface area contributed by atoms with Crippen LogP contribution in [0.3, 0.4) is 0 Å². The number of halogens is 1. The zero-order chi connectivity index (χ0) is 7.65. The largest absolute Gasteiger partial charge is 0.296 e. The SMILES string of the molecule is CC(=O)C(C)(F)C(C)=O. The van der Waals surface area contributed by atoms with Crippen molar-refractivity contribution < 1.29 is 14.0 Å². The molecule has 9 heavy (non-hydrogen) atoms. The third-order valence-corrected chi connectivity index (χ3v) is 1.32. The number of hydrogen-bond donors (Lipinski definition) is 0. The molecular weight excluding hydrogens is 123 g/mol. The number of carbonyl (C=O) groups excluding carboxylic acids is 2. The fourth-order valence-corrected chi connectivity index (χ4v) is 0.248. The minimum absolute atomic E-state index is 0.741. The lowest BCUT2D eigenvalue weighted by atomic mass is 10.0. The fraction of sp³-hybridized carbons (Fsp3) is 0.667. The van der Waals surface area contributed by atoms with Crippen LogP contribution in [0.1, 0.15) is 20.8 Å². The van der Waals surface area contributed by atoms with Gasteiger partial charge in [0.15, 0.2) is 11.6 Å². The van der Waals surface area contributed by atoms with Crippen LogP contribution in [0.4, 0.5) is 4.39 Å². The van der Waals surface area contributed by atoms with Gasteiger partial charge in [0, 0.05) is 0 Å². The van der Waals surface area contributed by atoms with Gasteiger partial charge in [0.1, 0.15) is 0 Å². The Morgan fingerprint density at radius 1 is 1.22 bits per heavy atom. The van der Waals surface area contributed by atoms with Crippen molar-refractivity contribution in [3.63, 3.8) is 0 Å². The molecule has 0 aliphatic carbocycles. The summed E-state index contributed by atoms with van der Waals surface area (Å²) in [6.45, 7) is 3.08. The Labute approximate surface area is 53.1 Å². The summed E-state index contributed by atoms with van der Waals surface area (Å²) in [5, 5.41) is 0. The van der Waals surface area contributed by atoms with E-state index < -0.39 is 17.2 Å². The molecule has 0 rings (SSSR count). The molecule has 0 N–H and O–H groups in total. The predicted molar refractivity (Wildman–Crippen MR) is 30.9 cm³/mol. The molecule has 0 radical (unpaired) electrons. The summed E-state index contributed by atoms with van der Waals surface area (Å²) in [7, 11) is 0. The number of carbonyl (C=O) groups is 2. The first-order chi connectivity index (χ1) is 3.89. The van der Waals surface area contributed by atoms with Gasteiger partial charge < -0.3 is 0 Å². The lowest BCUT2D eigenvalue weighted by Crippen LogP contribution is -2.35. The van der Waals surface area contributed by atoms with Crippen LogP contribution in [-0.2, 0) is 9.59 Å². The molecule has 52 valence electrons. The average Bonchev–Trinajstić information content (AvgIpc) is 1.65. The van der Waals surface area contributed by atoms with Gasteiger partial charge in [0.25, 0.3) is 0 Å². The molecule has 0 amide bonds. The Morgan fingerprint density at radius 3 is 1.44 bits per heavy atom. The van der Waals surface area contributed by atoms with Gasteiger partial charge in [0.2, 0.25) is 5.67 Å². The molecule has 0 heterocycles. The second kappa shape index (κ2) is 2.25. The van der Waals surface area contributed by atoms with Gasteiger partial charge in [-0.3, -0.25) is 9.59 Å². The molecule has 0 saturated carbocycles. The Hall–Kier alpha value is -0.730. The number of rotatable bonds is 2. The summed E-state index contributed by atoms with van der Waals surface area (Å²) in [6.07, 6.45) is 0. The van der Waals surface area contributed by atoms with Gasteiger partial charge in [-0.2, -0.15) is 0 Å². The topological polar surface area (TPSA) is 34.1 Å². The van der Waals surface area contributed by atoms with Gasteiger partial charge in [-0.1, -0.05) is 0 Å². The molecule has 0 saturated heterocycles. The summed E-state index contributed by atoms with van der Waals surface area (Å²) in [5.41, 5.74) is -2.28. The Balaban J connectivity index is 4.38. The normalized spacial score (nSPS) is 11.1. The zero-order valence-corrected chi connectivity index (χ0v) is 5.69. The molecule has 0 aromatic carbocycles. The van der Waals surface area contributed by atoms with E-state index in [0.29, 0.717) is 0 Å². The molecular formula is C6H9FO2. The standard InChI is InChI=1S/C6H9FO2/c1-4(8)6(3,7)5(2)9/h1-3H3. The van der Waals surface area contributed by atoms with E-state index in [0.717, 1.165) is 20.8 Å². The third-order valence-electron chi connectivity index (χ3n) is 1.32. The van der Waals surface area contributed by atoms with Crippen LogP contribution in [0.25, 0.3) is 0 Å². The van der Waals surface area contributed by atoms with Gasteiger partial charge in [-0.15, -0.1) is 0 Å². The van der Waals surface area contributed by atoms with Gasteiger partial charge >= 0.3 is 0 Å². The molecule has 3 heteroatoms. The Kier molecular flexibility index (Phi) is 2.07. The summed E-state index contributed by atoms with van der Waals surface area (Å²) in [4.78, 5) is 20.6. The Morgan fingerprint density at radius 2 is 1.44 bits per heavy atom. The van der Waals surface area contributed by atoms with E-state index in [1.165, 1.54) is 0 Å². The first-order valence-corrected chi connectivity index (χ1v) is 2.60. The van der Waals surface area contributed by atoms with Gasteiger partial charge in [-0.05, 0) is 20.8 Å². The van der Waals surface area contributed by atoms with Crippen LogP contribution >= 0.6 is 0 Å². The van der Waals surface area contributed by atoms with Gasteiger partial charge in [0.05, 0.1) is 0 Å². The molecule has 0 bridgehead atoms. The van der Waals surface area contributed by atoms with E-state index >= 15 is 0 Å². The molecule has 0 aliphatic heterocycles. The Bertz CT molecular complexity index is 133. The second-order valence-corrected chi connectivity index (χ2v) is 2.12. The van der Waals surface area contributed by atoms with Crippen LogP contribution < -0.4 is 0 Å². The molecule has 0 atom stereocenters. The van der Waals surface area contributed by atoms with Crippen molar-refractivity contribution >= 4 is 11.6 Å². The monoisotopic (exact) mass is 132 g/mol. The molecule has 0 unspecified atom stereocenters. The second-order valence-electron chi connectivity index (χ2n) is 2.12. The lowest BCUT2D eigenvalue weighted by Gasteiger charge is -2.10. The molecule has 0 aromatic rings. The quantitative estimate of drug-likeness (QED) is 0.523. The van der Waals surface area contributed by atoms with E-state index in [-0.39, 0.29) is 0 Å². The van der Waals surface area contributed by atoms with Crippen molar-refractivity contribution in [3.05, 3.63) is 0 Å². The smallest absolute Gasteiger partial charge is 0.222 e.